The van der Waals surface area contributed by atoms with Crippen LogP contribution >= 0.6 is 0 Å². The number of anilines is 1. The van der Waals surface area contributed by atoms with Crippen molar-refractivity contribution in [3.05, 3.63) is 41.6 Å². The Labute approximate surface area is 250 Å². The van der Waals surface area contributed by atoms with Gasteiger partial charge in [0, 0.05) is 56.9 Å². The van der Waals surface area contributed by atoms with Gasteiger partial charge in [-0.25, -0.2) is 9.97 Å². The van der Waals surface area contributed by atoms with Crippen LogP contribution in [-0.2, 0) is 18.9 Å². The standard InChI is InChI=1S/C30H42F3N5O5/c1-19-27(29(39)38-13-10-21(11-14-38)37-24-12-15-41-17-26(24)40-2)35-18-36-28(19)34-16-23-4-3-5-25(42-23)20-6-8-22(9-7-20)43-30(31,32)33/h6,8-9,18,20-21,23-26,37H,3-5,7,10-17H2,1-2H3,(H,34,35,36)/t20?,23-,24-,25+,26+/m1/s1. The number of rotatable bonds is 9. The third-order valence-electron chi connectivity index (χ3n) is 8.81. The summed E-state index contributed by atoms with van der Waals surface area (Å²) >= 11 is 0. The number of halogens is 3. The summed E-state index contributed by atoms with van der Waals surface area (Å²) in [5.41, 5.74) is 1.09. The fourth-order valence-electron chi connectivity index (χ4n) is 6.39. The molecule has 3 aliphatic heterocycles. The molecule has 0 aromatic carbocycles. The molecule has 5 atom stereocenters. The van der Waals surface area contributed by atoms with Crippen LogP contribution in [0.1, 0.15) is 61.0 Å². The first-order chi connectivity index (χ1) is 20.7. The van der Waals surface area contributed by atoms with E-state index in [1.54, 1.807) is 13.2 Å². The second kappa shape index (κ2) is 14.4. The fourth-order valence-corrected chi connectivity index (χ4v) is 6.39. The van der Waals surface area contributed by atoms with Crippen molar-refractivity contribution < 1.29 is 36.9 Å². The number of hydrogen-bond donors (Lipinski definition) is 2. The van der Waals surface area contributed by atoms with Crippen molar-refractivity contribution in [1.82, 2.24) is 20.2 Å². The van der Waals surface area contributed by atoms with Gasteiger partial charge in [0.1, 0.15) is 23.6 Å². The number of hydrogen-bond acceptors (Lipinski definition) is 9. The van der Waals surface area contributed by atoms with Crippen LogP contribution in [0.5, 0.6) is 0 Å². The predicted octanol–water partition coefficient (Wildman–Crippen LogP) is 4.13. The van der Waals surface area contributed by atoms with Crippen molar-refractivity contribution in [3.8, 4) is 0 Å². The molecule has 1 amide bonds. The van der Waals surface area contributed by atoms with E-state index in [0.717, 1.165) is 45.1 Å². The minimum absolute atomic E-state index is 0.00850. The zero-order valence-electron chi connectivity index (χ0n) is 24.8. The second-order valence-electron chi connectivity index (χ2n) is 11.7. The molecular formula is C30H42F3N5O5. The Morgan fingerprint density at radius 1 is 1.16 bits per heavy atom. The largest absolute Gasteiger partial charge is 0.573 e. The van der Waals surface area contributed by atoms with E-state index in [9.17, 15) is 18.0 Å². The summed E-state index contributed by atoms with van der Waals surface area (Å²) in [4.78, 5) is 24.0. The number of piperidine rings is 1. The third-order valence-corrected chi connectivity index (χ3v) is 8.81. The van der Waals surface area contributed by atoms with E-state index < -0.39 is 6.36 Å². The van der Waals surface area contributed by atoms with E-state index in [-0.39, 0.29) is 41.9 Å². The van der Waals surface area contributed by atoms with Crippen molar-refractivity contribution in [2.24, 2.45) is 5.92 Å². The quantitative estimate of drug-likeness (QED) is 0.428. The SMILES string of the molecule is CO[C@H]1COCC[C@H]1NC1CCN(C(=O)c2ncnc(NC[C@H]3CCC[C@@H](C4C=CC(OC(F)(F)F)=CC4)O3)c2C)CC1. The summed E-state index contributed by atoms with van der Waals surface area (Å²) in [6.45, 7) is 4.98. The number of alkyl halides is 3. The molecule has 4 heterocycles. The molecule has 238 valence electrons. The van der Waals surface area contributed by atoms with Crippen molar-refractivity contribution in [1.29, 1.82) is 0 Å². The molecule has 0 radical (unpaired) electrons. The zero-order chi connectivity index (χ0) is 30.4. The van der Waals surface area contributed by atoms with E-state index >= 15 is 0 Å². The molecule has 10 nitrogen and oxygen atoms in total. The fraction of sp³-hybridized carbons (Fsp3) is 0.700. The van der Waals surface area contributed by atoms with E-state index in [2.05, 4.69) is 25.3 Å². The van der Waals surface area contributed by atoms with Gasteiger partial charge < -0.3 is 34.5 Å². The Morgan fingerprint density at radius 3 is 2.70 bits per heavy atom. The number of carbonyl (C=O) groups is 1. The van der Waals surface area contributed by atoms with Crippen LogP contribution in [0.2, 0.25) is 0 Å². The average Bonchev–Trinajstić information content (AvgIpc) is 3.01. The van der Waals surface area contributed by atoms with Crippen molar-refractivity contribution >= 4 is 11.7 Å². The first-order valence-corrected chi connectivity index (χ1v) is 15.2. The highest BCUT2D eigenvalue weighted by Gasteiger charge is 2.34. The maximum Gasteiger partial charge on any atom is 0.573 e. The number of ether oxygens (including phenoxy) is 4. The second-order valence-corrected chi connectivity index (χ2v) is 11.7. The maximum atomic E-state index is 13.4. The molecule has 0 bridgehead atoms. The molecule has 0 spiro atoms. The first kappa shape index (κ1) is 31.7. The summed E-state index contributed by atoms with van der Waals surface area (Å²) in [6.07, 6.45) is 6.88. The smallest absolute Gasteiger partial charge is 0.406 e. The van der Waals surface area contributed by atoms with E-state index in [1.165, 1.54) is 18.5 Å². The topological polar surface area (TPSA) is 107 Å². The minimum atomic E-state index is -4.70. The highest BCUT2D eigenvalue weighted by atomic mass is 19.4. The molecule has 13 heteroatoms. The highest BCUT2D eigenvalue weighted by Crippen LogP contribution is 2.32. The van der Waals surface area contributed by atoms with E-state index in [1.807, 2.05) is 11.8 Å². The summed E-state index contributed by atoms with van der Waals surface area (Å²) in [5, 5.41) is 7.06. The Kier molecular flexibility index (Phi) is 10.6. The number of carbonyl (C=O) groups excluding carboxylic acids is 1. The molecule has 5 rings (SSSR count). The Hall–Kier alpha value is -2.74. The van der Waals surface area contributed by atoms with Crippen LogP contribution in [-0.4, -0.2) is 97.5 Å². The Morgan fingerprint density at radius 2 is 1.98 bits per heavy atom. The van der Waals surface area contributed by atoms with Crippen molar-refractivity contribution in [3.63, 3.8) is 0 Å². The molecule has 3 saturated heterocycles. The summed E-state index contributed by atoms with van der Waals surface area (Å²) in [7, 11) is 1.71. The number of nitrogens with zero attached hydrogens (tertiary/aromatic N) is 3. The number of nitrogens with one attached hydrogen (secondary N) is 2. The lowest BCUT2D eigenvalue weighted by molar-refractivity contribution is -0.303. The normalized spacial score (nSPS) is 28.8. The lowest BCUT2D eigenvalue weighted by Crippen LogP contribution is -2.54. The Balaban J connectivity index is 1.10. The van der Waals surface area contributed by atoms with Crippen LogP contribution in [0.3, 0.4) is 0 Å². The molecule has 0 saturated carbocycles. The number of aromatic nitrogens is 2. The van der Waals surface area contributed by atoms with Crippen LogP contribution in [0, 0.1) is 12.8 Å². The number of amides is 1. The molecule has 1 aliphatic carbocycles. The van der Waals surface area contributed by atoms with Crippen LogP contribution < -0.4 is 10.6 Å². The molecule has 2 N–H and O–H groups in total. The summed E-state index contributed by atoms with van der Waals surface area (Å²) < 4.78 is 58.9. The van der Waals surface area contributed by atoms with Gasteiger partial charge in [-0.3, -0.25) is 4.79 Å². The molecule has 43 heavy (non-hydrogen) atoms. The molecule has 1 aromatic rings. The predicted molar refractivity (Wildman–Crippen MR) is 152 cm³/mol. The monoisotopic (exact) mass is 609 g/mol. The van der Waals surface area contributed by atoms with Gasteiger partial charge in [0.2, 0.25) is 0 Å². The molecule has 4 aliphatic rings. The van der Waals surface area contributed by atoms with Gasteiger partial charge in [-0.05, 0) is 64.0 Å². The third kappa shape index (κ3) is 8.46. The number of likely N-dealkylation sites (tertiary alicyclic amines) is 1. The lowest BCUT2D eigenvalue weighted by atomic mass is 9.88. The highest BCUT2D eigenvalue weighted by molar-refractivity contribution is 5.94. The van der Waals surface area contributed by atoms with Crippen molar-refractivity contribution in [2.45, 2.75) is 88.6 Å². The molecule has 3 fully saturated rings. The number of allylic oxidation sites excluding steroid dienone is 2. The zero-order valence-corrected chi connectivity index (χ0v) is 24.8. The molecular weight excluding hydrogens is 567 g/mol. The molecule has 1 unspecified atom stereocenters. The lowest BCUT2D eigenvalue weighted by Gasteiger charge is -2.38. The van der Waals surface area contributed by atoms with Gasteiger partial charge in [-0.15, -0.1) is 13.2 Å². The Bertz CT molecular complexity index is 1160. The van der Waals surface area contributed by atoms with Crippen molar-refractivity contribution in [2.75, 3.05) is 45.3 Å². The summed E-state index contributed by atoms with van der Waals surface area (Å²) in [6, 6.07) is 0.581. The van der Waals surface area contributed by atoms with E-state index in [0.29, 0.717) is 55.8 Å². The van der Waals surface area contributed by atoms with Crippen LogP contribution in [0.4, 0.5) is 19.0 Å². The average molecular weight is 610 g/mol. The van der Waals surface area contributed by atoms with Gasteiger partial charge in [0.05, 0.1) is 24.9 Å². The van der Waals surface area contributed by atoms with Crippen LogP contribution in [0.25, 0.3) is 0 Å². The van der Waals surface area contributed by atoms with Crippen LogP contribution in [0.15, 0.2) is 30.3 Å². The van der Waals surface area contributed by atoms with Gasteiger partial charge in [0.25, 0.3) is 5.91 Å². The first-order valence-electron chi connectivity index (χ1n) is 15.2. The minimum Gasteiger partial charge on any atom is -0.406 e. The number of methoxy groups -OCH3 is 1. The van der Waals surface area contributed by atoms with Gasteiger partial charge in [0.15, 0.2) is 0 Å². The van der Waals surface area contributed by atoms with Gasteiger partial charge in [-0.2, -0.15) is 0 Å². The van der Waals surface area contributed by atoms with Gasteiger partial charge in [-0.1, -0.05) is 6.08 Å². The maximum absolute atomic E-state index is 13.4. The molecule has 1 aromatic heterocycles. The van der Waals surface area contributed by atoms with Gasteiger partial charge >= 0.3 is 6.36 Å². The summed E-state index contributed by atoms with van der Waals surface area (Å²) in [5.74, 6) is 0.312. The van der Waals surface area contributed by atoms with E-state index in [4.69, 9.17) is 14.2 Å².